The average molecular weight is 905 g/mol. The molecule has 0 bridgehead atoms. The Kier molecular flexibility index (Phi) is 16.1. The Morgan fingerprint density at radius 3 is 2.14 bits per heavy atom. The Bertz CT molecular complexity index is 2540. The molecule has 1 aliphatic carbocycles. The second kappa shape index (κ2) is 21.9. The number of nitrogens with two attached hydrogens (primary N) is 2. The molecule has 1 aromatic heterocycles. The van der Waals surface area contributed by atoms with Crippen molar-refractivity contribution in [1.82, 2.24) is 15.0 Å². The summed E-state index contributed by atoms with van der Waals surface area (Å²) in [5.41, 5.74) is 10.9. The predicted octanol–water partition coefficient (Wildman–Crippen LogP) is 7.39. The lowest BCUT2D eigenvalue weighted by atomic mass is 9.78. The number of carbonyl (C=O) groups excluding carboxylic acids is 3. The van der Waals surface area contributed by atoms with Gasteiger partial charge in [-0.3, -0.25) is 28.0 Å². The van der Waals surface area contributed by atoms with Gasteiger partial charge < -0.3 is 30.4 Å². The molecule has 16 nitrogen and oxygen atoms in total. The van der Waals surface area contributed by atoms with Gasteiger partial charge in [-0.2, -0.15) is 0 Å². The fraction of sp³-hybridized carbons (Fsp3) is 0.312. The second-order valence-electron chi connectivity index (χ2n) is 16.3. The molecule has 1 heterocycles. The topological polar surface area (TPSA) is 206 Å². The number of aromatic nitrogens is 1. The smallest absolute Gasteiger partial charge is 0.397 e. The minimum Gasteiger partial charge on any atom is -0.494 e. The third kappa shape index (κ3) is 13.0. The van der Waals surface area contributed by atoms with Gasteiger partial charge in [0.05, 0.1) is 43.2 Å². The van der Waals surface area contributed by atoms with Crippen molar-refractivity contribution in [3.63, 3.8) is 0 Å². The first kappa shape index (κ1) is 47.9. The molecule has 0 radical (unpaired) electrons. The number of esters is 1. The number of para-hydroxylation sites is 1. The number of hydrazine groups is 1. The number of hydrogen-bond acceptors (Lipinski definition) is 12. The van der Waals surface area contributed by atoms with E-state index in [1.807, 2.05) is 100 Å². The van der Waals surface area contributed by atoms with E-state index in [9.17, 15) is 14.4 Å². The highest BCUT2D eigenvalue weighted by Crippen LogP contribution is 2.47. The summed E-state index contributed by atoms with van der Waals surface area (Å²) in [5, 5.41) is 11.0. The average Bonchev–Trinajstić information content (AvgIpc) is 4.13. The van der Waals surface area contributed by atoms with Crippen molar-refractivity contribution in [3.8, 4) is 11.5 Å². The molecule has 342 valence electrons. The largest absolute Gasteiger partial charge is 0.494 e. The molecule has 6 N–H and O–H groups in total. The number of pyridine rings is 1. The number of nitrogens with one attached hydrogen (secondary N) is 2. The van der Waals surface area contributed by atoms with Crippen LogP contribution in [-0.2, 0) is 48.7 Å². The van der Waals surface area contributed by atoms with Gasteiger partial charge in [-0.15, -0.1) is 5.10 Å². The Hall–Kier alpha value is -6.58. The summed E-state index contributed by atoms with van der Waals surface area (Å²) in [6.07, 6.45) is 2.93. The second-order valence-corrected chi connectivity index (χ2v) is 17.4. The number of carbonyl (C=O) groups is 3. The Labute approximate surface area is 380 Å². The number of hydrazone groups is 1. The van der Waals surface area contributed by atoms with Gasteiger partial charge in [0.15, 0.2) is 18.3 Å². The van der Waals surface area contributed by atoms with Crippen molar-refractivity contribution < 1.29 is 37.4 Å². The van der Waals surface area contributed by atoms with Crippen LogP contribution < -0.4 is 36.8 Å². The van der Waals surface area contributed by atoms with Gasteiger partial charge in [-0.1, -0.05) is 86.6 Å². The SMILES string of the molecule is CNC(=O)c1cn(COC(=O)CC(C)(C)c2c(C)cc(C)cc2OP(OCc2ccccc2)OCc2ccccc2)c(NC(=O)C2CC2)cc1=Nc1cccc(/C(N)=N/N(C)N)c1OC. The third-order valence-electron chi connectivity index (χ3n) is 10.4. The van der Waals surface area contributed by atoms with Crippen molar-refractivity contribution in [2.24, 2.45) is 27.6 Å². The summed E-state index contributed by atoms with van der Waals surface area (Å²) in [4.78, 5) is 45.4. The monoisotopic (exact) mass is 904 g/mol. The zero-order valence-electron chi connectivity index (χ0n) is 37.8. The number of ether oxygens (including phenoxy) is 2. The fourth-order valence-electron chi connectivity index (χ4n) is 7.24. The molecule has 6 rings (SSSR count). The van der Waals surface area contributed by atoms with Crippen molar-refractivity contribution in [2.45, 2.75) is 72.3 Å². The highest BCUT2D eigenvalue weighted by atomic mass is 31.2. The van der Waals surface area contributed by atoms with Crippen LogP contribution in [0.25, 0.3) is 0 Å². The molecule has 0 spiro atoms. The summed E-state index contributed by atoms with van der Waals surface area (Å²) < 4.78 is 32.3. The maximum Gasteiger partial charge on any atom is 0.397 e. The van der Waals surface area contributed by atoms with Crippen molar-refractivity contribution in [3.05, 3.63) is 148 Å². The van der Waals surface area contributed by atoms with E-state index in [2.05, 4.69) is 15.7 Å². The summed E-state index contributed by atoms with van der Waals surface area (Å²) in [7, 11) is 2.57. The van der Waals surface area contributed by atoms with Crippen LogP contribution in [0.2, 0.25) is 0 Å². The van der Waals surface area contributed by atoms with Gasteiger partial charge in [0, 0.05) is 43.3 Å². The molecule has 0 atom stereocenters. The molecule has 1 fully saturated rings. The molecule has 0 unspecified atom stereocenters. The van der Waals surface area contributed by atoms with Gasteiger partial charge >= 0.3 is 14.6 Å². The zero-order chi connectivity index (χ0) is 46.7. The summed E-state index contributed by atoms with van der Waals surface area (Å²) in [6.45, 7) is 8.06. The normalized spacial score (nSPS) is 13.1. The quantitative estimate of drug-likeness (QED) is 0.0151. The van der Waals surface area contributed by atoms with E-state index < -0.39 is 25.9 Å². The van der Waals surface area contributed by atoms with E-state index in [1.54, 1.807) is 24.3 Å². The first-order valence-electron chi connectivity index (χ1n) is 21.1. The van der Waals surface area contributed by atoms with Crippen LogP contribution in [0, 0.1) is 19.8 Å². The lowest BCUT2D eigenvalue weighted by Crippen LogP contribution is -2.30. The van der Waals surface area contributed by atoms with Gasteiger partial charge in [-0.25, -0.2) is 16.0 Å². The number of benzene rings is 4. The maximum absolute atomic E-state index is 13.9. The molecular formula is C48H57N8O8P. The number of methoxy groups -OCH3 is 1. The van der Waals surface area contributed by atoms with Crippen LogP contribution in [-0.4, -0.2) is 54.5 Å². The van der Waals surface area contributed by atoms with Crippen LogP contribution >= 0.6 is 8.60 Å². The molecule has 1 saturated carbocycles. The summed E-state index contributed by atoms with van der Waals surface area (Å²) in [6, 6.07) is 30.2. The standard InChI is InChI=1S/C48H57N8O8P/c1-31-23-32(2)43(40(24-31)64-65(62-28-33-15-10-8-11-16-33)63-29-34-17-12-9-13-18-34)48(3,4)26-42(57)61-30-56-27-37(47(59)51-5)39(25-41(56)53-46(58)35-21-22-35)52-38-20-14-19-36(44(38)60-7)45(49)54-55(6)50/h8-20,23-25,27,35H,21-22,26,28-30,50H2,1-7H3,(H2,49,54)(H,51,59)(H,53,58). The lowest BCUT2D eigenvalue weighted by Gasteiger charge is -2.30. The number of nitrogens with zero attached hydrogens (tertiary/aromatic N) is 4. The highest BCUT2D eigenvalue weighted by molar-refractivity contribution is 7.42. The van der Waals surface area contributed by atoms with Crippen LogP contribution in [0.1, 0.15) is 76.8 Å². The van der Waals surface area contributed by atoms with E-state index in [1.165, 1.54) is 32.0 Å². The molecule has 5 aromatic rings. The Morgan fingerprint density at radius 1 is 0.908 bits per heavy atom. The van der Waals surface area contributed by atoms with Crippen molar-refractivity contribution in [1.29, 1.82) is 0 Å². The molecule has 0 saturated heterocycles. The molecule has 65 heavy (non-hydrogen) atoms. The van der Waals surface area contributed by atoms with Gasteiger partial charge in [0.2, 0.25) is 5.91 Å². The molecule has 4 aromatic carbocycles. The van der Waals surface area contributed by atoms with E-state index in [0.29, 0.717) is 17.0 Å². The molecule has 2 amide bonds. The number of anilines is 1. The van der Waals surface area contributed by atoms with Crippen LogP contribution in [0.3, 0.4) is 0 Å². The summed E-state index contributed by atoms with van der Waals surface area (Å²) >= 11 is 0. The number of amidine groups is 1. The third-order valence-corrected chi connectivity index (χ3v) is 11.4. The lowest BCUT2D eigenvalue weighted by molar-refractivity contribution is -0.148. The van der Waals surface area contributed by atoms with Gasteiger partial charge in [0.25, 0.3) is 5.91 Å². The maximum atomic E-state index is 13.9. The van der Waals surface area contributed by atoms with Crippen LogP contribution in [0.4, 0.5) is 11.5 Å². The minimum absolute atomic E-state index is 0.0521. The molecule has 0 aliphatic heterocycles. The number of aryl methyl sites for hydroxylation is 2. The zero-order valence-corrected chi connectivity index (χ0v) is 38.7. The first-order valence-corrected chi connectivity index (χ1v) is 22.2. The van der Waals surface area contributed by atoms with Crippen molar-refractivity contribution >= 4 is 43.7 Å². The predicted molar refractivity (Wildman–Crippen MR) is 250 cm³/mol. The van der Waals surface area contributed by atoms with E-state index in [4.69, 9.17) is 39.6 Å². The fourth-order valence-corrected chi connectivity index (χ4v) is 8.23. The molecule has 1 aliphatic rings. The Morgan fingerprint density at radius 2 is 1.55 bits per heavy atom. The molecule has 17 heteroatoms. The Balaban J connectivity index is 1.28. The van der Waals surface area contributed by atoms with E-state index in [-0.39, 0.29) is 66.5 Å². The number of hydrogen-bond donors (Lipinski definition) is 4. The van der Waals surface area contributed by atoms with Crippen LogP contribution in [0.15, 0.2) is 113 Å². The minimum atomic E-state index is -1.90. The first-order chi connectivity index (χ1) is 31.1. The number of amides is 2. The molecular weight excluding hydrogens is 848 g/mol. The number of rotatable bonds is 20. The highest BCUT2D eigenvalue weighted by Gasteiger charge is 2.33. The van der Waals surface area contributed by atoms with Gasteiger partial charge in [-0.05, 0) is 67.1 Å². The van der Waals surface area contributed by atoms with E-state index in [0.717, 1.165) is 45.8 Å². The van der Waals surface area contributed by atoms with E-state index >= 15 is 0 Å². The van der Waals surface area contributed by atoms with Gasteiger partial charge in [0.1, 0.15) is 17.3 Å². The summed E-state index contributed by atoms with van der Waals surface area (Å²) in [5.74, 6) is 5.48. The van der Waals surface area contributed by atoms with Crippen LogP contribution in [0.5, 0.6) is 11.5 Å². The van der Waals surface area contributed by atoms with Crippen molar-refractivity contribution in [2.75, 3.05) is 26.5 Å².